The number of amides is 3. The largest absolute Gasteiger partial charge is 0.467 e. The van der Waals surface area contributed by atoms with Crippen LogP contribution in [0.25, 0.3) is 0 Å². The first-order valence-electron chi connectivity index (χ1n) is 11.4. The molecule has 3 atom stereocenters. The van der Waals surface area contributed by atoms with Gasteiger partial charge in [0.15, 0.2) is 0 Å². The Morgan fingerprint density at radius 2 is 1.53 bits per heavy atom. The molecule has 9 nitrogen and oxygen atoms in total. The number of likely N-dealkylation sites (tertiary alicyclic amines) is 1. The molecule has 0 aromatic heterocycles. The zero-order chi connectivity index (χ0) is 24.6. The average Bonchev–Trinajstić information content (AvgIpc) is 3.13. The van der Waals surface area contributed by atoms with Crippen molar-refractivity contribution in [2.75, 3.05) is 13.7 Å². The second-order valence-electron chi connectivity index (χ2n) is 10.2. The summed E-state index contributed by atoms with van der Waals surface area (Å²) in [6.07, 6.45) is 1.35. The van der Waals surface area contributed by atoms with Gasteiger partial charge in [-0.1, -0.05) is 27.7 Å². The van der Waals surface area contributed by atoms with E-state index in [-0.39, 0.29) is 23.7 Å². The molecule has 0 aromatic carbocycles. The first kappa shape index (κ1) is 27.7. The van der Waals surface area contributed by atoms with Crippen LogP contribution in [0, 0.1) is 11.8 Å². The van der Waals surface area contributed by atoms with Crippen molar-refractivity contribution >= 4 is 23.9 Å². The molecule has 0 bridgehead atoms. The molecule has 0 radical (unpaired) electrons. The minimum absolute atomic E-state index is 0.142. The Balaban J connectivity index is 2.96. The minimum atomic E-state index is -0.801. The molecule has 0 unspecified atom stereocenters. The number of nitrogens with zero attached hydrogens (tertiary/aromatic N) is 1. The lowest BCUT2D eigenvalue weighted by molar-refractivity contribution is -0.147. The van der Waals surface area contributed by atoms with E-state index in [4.69, 9.17) is 9.47 Å². The van der Waals surface area contributed by atoms with Crippen LogP contribution in [-0.2, 0) is 23.9 Å². The van der Waals surface area contributed by atoms with Crippen LogP contribution in [0.2, 0.25) is 0 Å². The maximum Gasteiger partial charge on any atom is 0.408 e. The summed E-state index contributed by atoms with van der Waals surface area (Å²) < 4.78 is 10.1. The van der Waals surface area contributed by atoms with Gasteiger partial charge in [-0.25, -0.2) is 9.59 Å². The Morgan fingerprint density at radius 3 is 2.03 bits per heavy atom. The minimum Gasteiger partial charge on any atom is -0.467 e. The number of hydrogen-bond acceptors (Lipinski definition) is 6. The molecule has 0 saturated carbocycles. The average molecular weight is 456 g/mol. The van der Waals surface area contributed by atoms with Crippen LogP contribution in [-0.4, -0.2) is 66.2 Å². The fraction of sp³-hybridized carbons (Fsp3) is 0.826. The number of esters is 1. The van der Waals surface area contributed by atoms with Crippen LogP contribution in [0.15, 0.2) is 0 Å². The van der Waals surface area contributed by atoms with Gasteiger partial charge in [0.25, 0.3) is 0 Å². The van der Waals surface area contributed by atoms with Gasteiger partial charge >= 0.3 is 12.1 Å². The van der Waals surface area contributed by atoms with E-state index in [1.807, 2.05) is 27.7 Å². The zero-order valence-corrected chi connectivity index (χ0v) is 20.8. The molecule has 1 saturated heterocycles. The summed E-state index contributed by atoms with van der Waals surface area (Å²) in [4.78, 5) is 52.2. The predicted octanol–water partition coefficient (Wildman–Crippen LogP) is 2.62. The molecule has 3 amide bonds. The van der Waals surface area contributed by atoms with Crippen molar-refractivity contribution in [3.63, 3.8) is 0 Å². The summed E-state index contributed by atoms with van der Waals surface area (Å²) in [7, 11) is 1.28. The highest BCUT2D eigenvalue weighted by atomic mass is 16.6. The van der Waals surface area contributed by atoms with Crippen molar-refractivity contribution in [1.82, 2.24) is 15.5 Å². The van der Waals surface area contributed by atoms with Crippen molar-refractivity contribution < 1.29 is 28.7 Å². The maximum absolute atomic E-state index is 13.3. The molecular formula is C23H41N3O6. The zero-order valence-electron chi connectivity index (χ0n) is 20.8. The van der Waals surface area contributed by atoms with Crippen LogP contribution in [0.1, 0.15) is 74.1 Å². The summed E-state index contributed by atoms with van der Waals surface area (Å²) in [6.45, 7) is 13.5. The van der Waals surface area contributed by atoms with Gasteiger partial charge in [0.2, 0.25) is 11.8 Å². The highest BCUT2D eigenvalue weighted by Crippen LogP contribution is 2.21. The van der Waals surface area contributed by atoms with E-state index in [1.54, 1.807) is 20.8 Å². The summed E-state index contributed by atoms with van der Waals surface area (Å²) in [5.41, 5.74) is -0.690. The summed E-state index contributed by atoms with van der Waals surface area (Å²) in [5.74, 6) is -0.891. The van der Waals surface area contributed by atoms with E-state index < -0.39 is 35.8 Å². The van der Waals surface area contributed by atoms with Gasteiger partial charge in [0, 0.05) is 6.54 Å². The third-order valence-corrected chi connectivity index (χ3v) is 5.04. The number of methoxy groups -OCH3 is 1. The number of carbonyl (C=O) groups excluding carboxylic acids is 4. The molecule has 2 N–H and O–H groups in total. The van der Waals surface area contributed by atoms with Crippen LogP contribution in [0.4, 0.5) is 4.79 Å². The van der Waals surface area contributed by atoms with Crippen LogP contribution >= 0.6 is 0 Å². The number of alkyl carbamates (subject to hydrolysis) is 1. The number of carbonyl (C=O) groups is 4. The molecule has 0 spiro atoms. The Bertz CT molecular complexity index is 671. The molecule has 0 aromatic rings. The Morgan fingerprint density at radius 1 is 0.969 bits per heavy atom. The standard InChI is InChI=1S/C23H41N3O6/c1-14(2)12-16(25-22(30)32-23(5,6)7)20(28)26-11-9-10-18(26)19(27)24-17(13-15(3)4)21(29)31-8/h14-18H,9-13H2,1-8H3,(H,24,27)(H,25,30)/t16-,17-,18-/m0/s1. The van der Waals surface area contributed by atoms with E-state index >= 15 is 0 Å². The lowest BCUT2D eigenvalue weighted by Gasteiger charge is -2.31. The Labute approximate surface area is 191 Å². The van der Waals surface area contributed by atoms with Crippen molar-refractivity contribution in [2.24, 2.45) is 11.8 Å². The molecule has 1 rings (SSSR count). The highest BCUT2D eigenvalue weighted by Gasteiger charge is 2.39. The number of rotatable bonds is 9. The topological polar surface area (TPSA) is 114 Å². The van der Waals surface area contributed by atoms with Crippen molar-refractivity contribution in [3.05, 3.63) is 0 Å². The lowest BCUT2D eigenvalue weighted by Crippen LogP contribution is -2.56. The van der Waals surface area contributed by atoms with Gasteiger partial charge in [-0.2, -0.15) is 0 Å². The van der Waals surface area contributed by atoms with Gasteiger partial charge in [-0.3, -0.25) is 9.59 Å². The van der Waals surface area contributed by atoms with Crippen LogP contribution < -0.4 is 10.6 Å². The van der Waals surface area contributed by atoms with Crippen LogP contribution in [0.3, 0.4) is 0 Å². The smallest absolute Gasteiger partial charge is 0.408 e. The van der Waals surface area contributed by atoms with Crippen molar-refractivity contribution in [1.29, 1.82) is 0 Å². The predicted molar refractivity (Wildman–Crippen MR) is 121 cm³/mol. The molecule has 32 heavy (non-hydrogen) atoms. The number of nitrogens with one attached hydrogen (secondary N) is 2. The maximum atomic E-state index is 13.3. The van der Waals surface area contributed by atoms with Crippen LogP contribution in [0.5, 0.6) is 0 Å². The quantitative estimate of drug-likeness (QED) is 0.517. The third-order valence-electron chi connectivity index (χ3n) is 5.04. The molecular weight excluding hydrogens is 414 g/mol. The number of hydrogen-bond donors (Lipinski definition) is 2. The van der Waals surface area contributed by atoms with Gasteiger partial charge < -0.3 is 25.0 Å². The van der Waals surface area contributed by atoms with Gasteiger partial charge in [-0.15, -0.1) is 0 Å². The molecule has 0 aliphatic carbocycles. The van der Waals surface area contributed by atoms with Gasteiger partial charge in [-0.05, 0) is 58.3 Å². The second-order valence-corrected chi connectivity index (χ2v) is 10.2. The fourth-order valence-electron chi connectivity index (χ4n) is 3.74. The molecule has 1 aliphatic rings. The van der Waals surface area contributed by atoms with Gasteiger partial charge in [0.1, 0.15) is 23.7 Å². The molecule has 1 aliphatic heterocycles. The highest BCUT2D eigenvalue weighted by molar-refractivity contribution is 5.93. The monoisotopic (exact) mass is 455 g/mol. The summed E-state index contributed by atoms with van der Waals surface area (Å²) >= 11 is 0. The van der Waals surface area contributed by atoms with Crippen molar-refractivity contribution in [2.45, 2.75) is 97.9 Å². The second kappa shape index (κ2) is 12.1. The SMILES string of the molecule is COC(=O)[C@H](CC(C)C)NC(=O)[C@@H]1CCCN1C(=O)[C@H](CC(C)C)NC(=O)OC(C)(C)C. The van der Waals surface area contributed by atoms with E-state index in [9.17, 15) is 19.2 Å². The fourth-order valence-corrected chi connectivity index (χ4v) is 3.74. The Hall–Kier alpha value is -2.32. The molecule has 184 valence electrons. The molecule has 1 fully saturated rings. The lowest BCUT2D eigenvalue weighted by atomic mass is 10.0. The summed E-state index contributed by atoms with van der Waals surface area (Å²) in [5, 5.41) is 5.44. The third kappa shape index (κ3) is 9.04. The molecule has 1 heterocycles. The van der Waals surface area contributed by atoms with E-state index in [0.717, 1.165) is 0 Å². The first-order chi connectivity index (χ1) is 14.7. The van der Waals surface area contributed by atoms with E-state index in [0.29, 0.717) is 32.2 Å². The van der Waals surface area contributed by atoms with Crippen molar-refractivity contribution in [3.8, 4) is 0 Å². The number of ether oxygens (including phenoxy) is 2. The first-order valence-corrected chi connectivity index (χ1v) is 11.4. The molecule has 9 heteroatoms. The van der Waals surface area contributed by atoms with Gasteiger partial charge in [0.05, 0.1) is 7.11 Å². The van der Waals surface area contributed by atoms with E-state index in [2.05, 4.69) is 10.6 Å². The summed E-state index contributed by atoms with van der Waals surface area (Å²) in [6, 6.07) is -2.27. The van der Waals surface area contributed by atoms with E-state index in [1.165, 1.54) is 12.0 Å². The normalized spacial score (nSPS) is 18.3. The Kier molecular flexibility index (Phi) is 10.4.